The Kier molecular flexibility index (Phi) is 6.12. The second kappa shape index (κ2) is 7.36. The van der Waals surface area contributed by atoms with E-state index in [2.05, 4.69) is 0 Å². The number of ether oxygens (including phenoxy) is 1. The Bertz CT molecular complexity index is 433. The van der Waals surface area contributed by atoms with Crippen LogP contribution in [-0.4, -0.2) is 37.6 Å². The number of hydrogen-bond donors (Lipinski definition) is 1. The summed E-state index contributed by atoms with van der Waals surface area (Å²) in [4.78, 5) is 12.9. The number of hydrogen-bond acceptors (Lipinski definition) is 3. The largest absolute Gasteiger partial charge is 0.491 e. The molecular weight excluding hydrogens is 264 g/mol. The zero-order chi connectivity index (χ0) is 14.4. The number of amides is 1. The normalized spacial score (nSPS) is 12.1. The van der Waals surface area contributed by atoms with Crippen molar-refractivity contribution >= 4 is 17.5 Å². The van der Waals surface area contributed by atoms with Crippen LogP contribution in [0, 0.1) is 0 Å². The molecule has 0 aliphatic heterocycles. The van der Waals surface area contributed by atoms with Crippen LogP contribution in [0.4, 0.5) is 0 Å². The van der Waals surface area contributed by atoms with Gasteiger partial charge in [0.05, 0.1) is 18.1 Å². The third kappa shape index (κ3) is 5.49. The molecule has 0 aliphatic rings. The summed E-state index contributed by atoms with van der Waals surface area (Å²) in [5.41, 5.74) is 6.82. The van der Waals surface area contributed by atoms with Crippen LogP contribution in [0.15, 0.2) is 18.2 Å². The molecule has 1 amide bonds. The van der Waals surface area contributed by atoms with E-state index in [0.29, 0.717) is 23.8 Å². The summed E-state index contributed by atoms with van der Waals surface area (Å²) in [6, 6.07) is 5.72. The van der Waals surface area contributed by atoms with Crippen molar-refractivity contribution in [2.45, 2.75) is 25.8 Å². The van der Waals surface area contributed by atoms with Crippen LogP contribution in [0.5, 0.6) is 5.75 Å². The molecule has 0 fully saturated rings. The summed E-state index contributed by atoms with van der Waals surface area (Å²) in [5.74, 6) is 0.631. The van der Waals surface area contributed by atoms with E-state index < -0.39 is 0 Å². The summed E-state index contributed by atoms with van der Waals surface area (Å²) in [5, 5.41) is 0.551. The van der Waals surface area contributed by atoms with Crippen molar-refractivity contribution in [3.05, 3.63) is 28.8 Å². The summed E-state index contributed by atoms with van der Waals surface area (Å²) in [6.07, 6.45) is 1.12. The van der Waals surface area contributed by atoms with Crippen LogP contribution in [0.1, 0.15) is 18.9 Å². The van der Waals surface area contributed by atoms with E-state index in [4.69, 9.17) is 22.1 Å². The van der Waals surface area contributed by atoms with Gasteiger partial charge < -0.3 is 15.4 Å². The number of halogens is 1. The standard InChI is InChI=1S/C14H21ClN2O2/c1-10(16)8-11-4-5-13(12(15)9-11)19-7-6-14(18)17(2)3/h4-5,9-10H,6-8,16H2,1-3H3. The SMILES string of the molecule is CC(N)Cc1ccc(OCCC(=O)N(C)C)c(Cl)c1. The molecule has 1 aromatic carbocycles. The molecule has 1 atom stereocenters. The Balaban J connectivity index is 2.53. The summed E-state index contributed by atoms with van der Waals surface area (Å²) in [7, 11) is 3.44. The molecule has 0 aliphatic carbocycles. The topological polar surface area (TPSA) is 55.6 Å². The van der Waals surface area contributed by atoms with Gasteiger partial charge in [-0.3, -0.25) is 4.79 Å². The van der Waals surface area contributed by atoms with Crippen molar-refractivity contribution in [1.29, 1.82) is 0 Å². The lowest BCUT2D eigenvalue weighted by Gasteiger charge is -2.12. The van der Waals surface area contributed by atoms with Crippen molar-refractivity contribution in [3.63, 3.8) is 0 Å². The second-order valence-corrected chi connectivity index (χ2v) is 5.24. The van der Waals surface area contributed by atoms with E-state index in [0.717, 1.165) is 12.0 Å². The quantitative estimate of drug-likeness (QED) is 0.870. The van der Waals surface area contributed by atoms with Gasteiger partial charge >= 0.3 is 0 Å². The van der Waals surface area contributed by atoms with Gasteiger partial charge in [-0.2, -0.15) is 0 Å². The van der Waals surface area contributed by atoms with Crippen molar-refractivity contribution in [2.75, 3.05) is 20.7 Å². The highest BCUT2D eigenvalue weighted by Gasteiger charge is 2.07. The van der Waals surface area contributed by atoms with Gasteiger partial charge in [-0.1, -0.05) is 17.7 Å². The zero-order valence-corrected chi connectivity index (χ0v) is 12.4. The number of carbonyl (C=O) groups excluding carboxylic acids is 1. The maximum atomic E-state index is 11.4. The van der Waals surface area contributed by atoms with Crippen molar-refractivity contribution in [1.82, 2.24) is 4.90 Å². The van der Waals surface area contributed by atoms with Crippen molar-refractivity contribution in [2.24, 2.45) is 5.73 Å². The molecule has 2 N–H and O–H groups in total. The number of carbonyl (C=O) groups is 1. The number of nitrogens with zero attached hydrogens (tertiary/aromatic N) is 1. The van der Waals surface area contributed by atoms with E-state index in [1.54, 1.807) is 14.1 Å². The first-order valence-corrected chi connectivity index (χ1v) is 6.65. The van der Waals surface area contributed by atoms with E-state index in [9.17, 15) is 4.79 Å². The van der Waals surface area contributed by atoms with Crippen LogP contribution in [0.2, 0.25) is 5.02 Å². The summed E-state index contributed by atoms with van der Waals surface area (Å²) >= 11 is 6.13. The first-order chi connectivity index (χ1) is 8.90. The molecule has 19 heavy (non-hydrogen) atoms. The van der Waals surface area contributed by atoms with E-state index >= 15 is 0 Å². The molecule has 4 nitrogen and oxygen atoms in total. The predicted octanol–water partition coefficient (Wildman–Crippen LogP) is 2.09. The Labute approximate surface area is 119 Å². The highest BCUT2D eigenvalue weighted by Crippen LogP contribution is 2.26. The third-order valence-electron chi connectivity index (χ3n) is 2.63. The average Bonchev–Trinajstić information content (AvgIpc) is 2.30. The predicted molar refractivity (Wildman–Crippen MR) is 77.6 cm³/mol. The Morgan fingerprint density at radius 2 is 2.16 bits per heavy atom. The summed E-state index contributed by atoms with van der Waals surface area (Å²) in [6.45, 7) is 2.27. The molecule has 0 saturated carbocycles. The molecular formula is C14H21ClN2O2. The Morgan fingerprint density at radius 1 is 1.47 bits per heavy atom. The van der Waals surface area contributed by atoms with Crippen molar-refractivity contribution in [3.8, 4) is 5.75 Å². The minimum absolute atomic E-state index is 0.0321. The molecule has 0 bridgehead atoms. The molecule has 1 unspecified atom stereocenters. The number of benzene rings is 1. The molecule has 0 radical (unpaired) electrons. The molecule has 1 rings (SSSR count). The van der Waals surface area contributed by atoms with E-state index in [1.807, 2.05) is 25.1 Å². The molecule has 0 heterocycles. The molecule has 106 valence electrons. The Hall–Kier alpha value is -1.26. The monoisotopic (exact) mass is 284 g/mol. The fourth-order valence-corrected chi connectivity index (χ4v) is 1.89. The van der Waals surface area contributed by atoms with Crippen LogP contribution in [0.25, 0.3) is 0 Å². The van der Waals surface area contributed by atoms with Gasteiger partial charge in [0, 0.05) is 20.1 Å². The van der Waals surface area contributed by atoms with Crippen LogP contribution < -0.4 is 10.5 Å². The third-order valence-corrected chi connectivity index (χ3v) is 2.92. The minimum Gasteiger partial charge on any atom is -0.491 e. The highest BCUT2D eigenvalue weighted by atomic mass is 35.5. The van der Waals surface area contributed by atoms with Crippen molar-refractivity contribution < 1.29 is 9.53 Å². The average molecular weight is 285 g/mol. The smallest absolute Gasteiger partial charge is 0.225 e. The Morgan fingerprint density at radius 3 is 2.68 bits per heavy atom. The van der Waals surface area contributed by atoms with Gasteiger partial charge in [0.25, 0.3) is 0 Å². The van der Waals surface area contributed by atoms with Gasteiger partial charge in [-0.05, 0) is 31.0 Å². The fraction of sp³-hybridized carbons (Fsp3) is 0.500. The lowest BCUT2D eigenvalue weighted by Crippen LogP contribution is -2.23. The van der Waals surface area contributed by atoms with Gasteiger partial charge in [-0.15, -0.1) is 0 Å². The maximum absolute atomic E-state index is 11.4. The second-order valence-electron chi connectivity index (χ2n) is 4.83. The first kappa shape index (κ1) is 15.8. The van der Waals surface area contributed by atoms with Crippen LogP contribution >= 0.6 is 11.6 Å². The zero-order valence-electron chi connectivity index (χ0n) is 11.6. The van der Waals surface area contributed by atoms with Gasteiger partial charge in [0.2, 0.25) is 5.91 Å². The lowest BCUT2D eigenvalue weighted by molar-refractivity contribution is -0.129. The lowest BCUT2D eigenvalue weighted by atomic mass is 10.1. The molecule has 1 aromatic rings. The number of rotatable bonds is 6. The first-order valence-electron chi connectivity index (χ1n) is 6.27. The van der Waals surface area contributed by atoms with Gasteiger partial charge in [-0.25, -0.2) is 0 Å². The number of nitrogens with two attached hydrogens (primary N) is 1. The molecule has 0 saturated heterocycles. The van der Waals surface area contributed by atoms with Gasteiger partial charge in [0.15, 0.2) is 0 Å². The molecule has 5 heteroatoms. The van der Waals surface area contributed by atoms with Gasteiger partial charge in [0.1, 0.15) is 5.75 Å². The van der Waals surface area contributed by atoms with Crippen LogP contribution in [-0.2, 0) is 11.2 Å². The highest BCUT2D eigenvalue weighted by molar-refractivity contribution is 6.32. The fourth-order valence-electron chi connectivity index (χ4n) is 1.63. The van der Waals surface area contributed by atoms with E-state index in [-0.39, 0.29) is 11.9 Å². The summed E-state index contributed by atoms with van der Waals surface area (Å²) < 4.78 is 5.51. The molecule has 0 spiro atoms. The van der Waals surface area contributed by atoms with Crippen LogP contribution in [0.3, 0.4) is 0 Å². The van der Waals surface area contributed by atoms with E-state index in [1.165, 1.54) is 4.90 Å². The maximum Gasteiger partial charge on any atom is 0.225 e. The molecule has 0 aromatic heterocycles. The minimum atomic E-state index is 0.0321.